The lowest BCUT2D eigenvalue weighted by molar-refractivity contribution is -0.167. The summed E-state index contributed by atoms with van der Waals surface area (Å²) in [4.78, 5) is 38.1. The minimum atomic E-state index is -0.764. The summed E-state index contributed by atoms with van der Waals surface area (Å²) in [6.07, 6.45) is 63.5. The van der Waals surface area contributed by atoms with Crippen molar-refractivity contribution >= 4 is 17.9 Å². The Morgan fingerprint density at radius 1 is 0.288 bits per heavy atom. The third-order valence-corrected chi connectivity index (χ3v) is 13.5. The molecular formula is C60H114O6. The van der Waals surface area contributed by atoms with Crippen LogP contribution < -0.4 is 0 Å². The van der Waals surface area contributed by atoms with Crippen LogP contribution in [0.1, 0.15) is 335 Å². The molecule has 66 heavy (non-hydrogen) atoms. The molecule has 0 radical (unpaired) electrons. The van der Waals surface area contributed by atoms with Crippen LogP contribution in [0.3, 0.4) is 0 Å². The Morgan fingerprint density at radius 3 is 0.758 bits per heavy atom. The quantitative estimate of drug-likeness (QED) is 0.0262. The first-order chi connectivity index (χ1) is 32.5. The molecule has 0 spiro atoms. The van der Waals surface area contributed by atoms with Gasteiger partial charge in [-0.25, -0.2) is 0 Å². The van der Waals surface area contributed by atoms with Crippen LogP contribution in [0.15, 0.2) is 12.2 Å². The van der Waals surface area contributed by atoms with Crippen molar-refractivity contribution in [2.45, 2.75) is 341 Å². The van der Waals surface area contributed by atoms with E-state index in [1.54, 1.807) is 0 Å². The average Bonchev–Trinajstić information content (AvgIpc) is 3.31. The second kappa shape index (κ2) is 55.7. The molecule has 6 heteroatoms. The summed E-state index contributed by atoms with van der Waals surface area (Å²) >= 11 is 0. The van der Waals surface area contributed by atoms with Crippen LogP contribution in [-0.4, -0.2) is 37.2 Å². The molecule has 0 heterocycles. The maximum atomic E-state index is 12.8. The van der Waals surface area contributed by atoms with E-state index in [1.165, 1.54) is 238 Å². The van der Waals surface area contributed by atoms with Crippen molar-refractivity contribution in [3.63, 3.8) is 0 Å². The van der Waals surface area contributed by atoms with Crippen LogP contribution in [0.5, 0.6) is 0 Å². The van der Waals surface area contributed by atoms with Gasteiger partial charge in [0.05, 0.1) is 0 Å². The van der Waals surface area contributed by atoms with Crippen molar-refractivity contribution in [3.05, 3.63) is 12.2 Å². The first-order valence-corrected chi connectivity index (χ1v) is 29.7. The van der Waals surface area contributed by atoms with Gasteiger partial charge < -0.3 is 14.2 Å². The predicted octanol–water partition coefficient (Wildman–Crippen LogP) is 19.7. The highest BCUT2D eigenvalue weighted by Gasteiger charge is 2.19. The Hall–Kier alpha value is -1.85. The molecule has 6 nitrogen and oxygen atoms in total. The zero-order chi connectivity index (χ0) is 47.9. The van der Waals surface area contributed by atoms with E-state index in [9.17, 15) is 14.4 Å². The Labute approximate surface area is 411 Å². The van der Waals surface area contributed by atoms with Gasteiger partial charge in [-0.3, -0.25) is 14.4 Å². The molecule has 0 aliphatic carbocycles. The van der Waals surface area contributed by atoms with Crippen molar-refractivity contribution < 1.29 is 28.6 Å². The zero-order valence-electron chi connectivity index (χ0n) is 44.7. The Morgan fingerprint density at radius 2 is 0.500 bits per heavy atom. The minimum Gasteiger partial charge on any atom is -0.462 e. The van der Waals surface area contributed by atoms with Gasteiger partial charge in [-0.2, -0.15) is 0 Å². The predicted molar refractivity (Wildman–Crippen MR) is 284 cm³/mol. The van der Waals surface area contributed by atoms with E-state index in [4.69, 9.17) is 14.2 Å². The number of hydrogen-bond acceptors (Lipinski definition) is 6. The zero-order valence-corrected chi connectivity index (χ0v) is 44.7. The van der Waals surface area contributed by atoms with Crippen molar-refractivity contribution in [2.75, 3.05) is 13.2 Å². The molecule has 0 fully saturated rings. The minimum absolute atomic E-state index is 0.0645. The van der Waals surface area contributed by atoms with E-state index < -0.39 is 6.10 Å². The van der Waals surface area contributed by atoms with E-state index in [2.05, 4.69) is 32.9 Å². The van der Waals surface area contributed by atoms with E-state index in [1.807, 2.05) is 0 Å². The molecule has 390 valence electrons. The molecule has 0 N–H and O–H groups in total. The maximum Gasteiger partial charge on any atom is 0.306 e. The van der Waals surface area contributed by atoms with Gasteiger partial charge in [0, 0.05) is 19.3 Å². The molecule has 0 bridgehead atoms. The second-order valence-electron chi connectivity index (χ2n) is 20.3. The lowest BCUT2D eigenvalue weighted by Crippen LogP contribution is -2.30. The molecule has 0 saturated heterocycles. The van der Waals surface area contributed by atoms with Crippen molar-refractivity contribution in [3.8, 4) is 0 Å². The van der Waals surface area contributed by atoms with Gasteiger partial charge in [-0.05, 0) is 44.9 Å². The summed E-state index contributed by atoms with van der Waals surface area (Å²) in [7, 11) is 0. The molecule has 0 aliphatic rings. The van der Waals surface area contributed by atoms with Crippen molar-refractivity contribution in [1.29, 1.82) is 0 Å². The van der Waals surface area contributed by atoms with Crippen LogP contribution >= 0.6 is 0 Å². The standard InChI is InChI=1S/C60H114O6/c1-4-7-10-13-16-19-22-25-27-28-29-30-31-32-34-35-38-41-44-47-50-53-59(62)65-56-57(55-64-58(61)52-49-46-43-40-37-24-21-18-15-12-9-6-3)66-60(63)54-51-48-45-42-39-36-33-26-23-20-17-14-11-8-5-2/h28-29,57H,4-27,30-56H2,1-3H3/b29-28-. The molecule has 1 atom stereocenters. The summed E-state index contributed by atoms with van der Waals surface area (Å²) in [6.45, 7) is 6.69. The number of esters is 3. The van der Waals surface area contributed by atoms with Crippen molar-refractivity contribution in [2.24, 2.45) is 0 Å². The number of rotatable bonds is 55. The Bertz CT molecular complexity index is 1020. The van der Waals surface area contributed by atoms with Crippen LogP contribution in [-0.2, 0) is 28.6 Å². The average molecular weight is 932 g/mol. The normalized spacial score (nSPS) is 12.0. The number of unbranched alkanes of at least 4 members (excludes halogenated alkanes) is 42. The summed E-state index contributed by atoms with van der Waals surface area (Å²) in [5.74, 6) is -0.842. The lowest BCUT2D eigenvalue weighted by Gasteiger charge is -2.18. The number of allylic oxidation sites excluding steroid dienone is 2. The Balaban J connectivity index is 4.25. The van der Waals surface area contributed by atoms with Gasteiger partial charge in [-0.15, -0.1) is 0 Å². The van der Waals surface area contributed by atoms with E-state index in [0.717, 1.165) is 57.8 Å². The van der Waals surface area contributed by atoms with Crippen LogP contribution in [0.4, 0.5) is 0 Å². The third kappa shape index (κ3) is 53.1. The molecule has 0 aromatic rings. The molecule has 0 aromatic heterocycles. The van der Waals surface area contributed by atoms with Crippen molar-refractivity contribution in [1.82, 2.24) is 0 Å². The molecule has 0 aliphatic heterocycles. The smallest absolute Gasteiger partial charge is 0.306 e. The van der Waals surface area contributed by atoms with Crippen LogP contribution in [0, 0.1) is 0 Å². The highest BCUT2D eigenvalue weighted by molar-refractivity contribution is 5.71. The summed E-state index contributed by atoms with van der Waals surface area (Å²) in [6, 6.07) is 0. The SMILES string of the molecule is CCCCCCCCCC/C=C\CCCCCCCCCCCC(=O)OCC(COC(=O)CCCCCCCCCCCCCC)OC(=O)CCCCCCCCCCCCCCCCC. The highest BCUT2D eigenvalue weighted by Crippen LogP contribution is 2.17. The van der Waals surface area contributed by atoms with E-state index in [-0.39, 0.29) is 31.1 Å². The van der Waals surface area contributed by atoms with Gasteiger partial charge in [0.25, 0.3) is 0 Å². The molecule has 0 amide bonds. The fourth-order valence-electron chi connectivity index (χ4n) is 9.03. The van der Waals surface area contributed by atoms with Crippen LogP contribution in [0.25, 0.3) is 0 Å². The lowest BCUT2D eigenvalue weighted by atomic mass is 10.0. The first kappa shape index (κ1) is 64.2. The Kier molecular flexibility index (Phi) is 54.2. The fraction of sp³-hybridized carbons (Fsp3) is 0.917. The van der Waals surface area contributed by atoms with Gasteiger partial charge in [0.15, 0.2) is 6.10 Å². The third-order valence-electron chi connectivity index (χ3n) is 13.5. The maximum absolute atomic E-state index is 12.8. The van der Waals surface area contributed by atoms with E-state index >= 15 is 0 Å². The van der Waals surface area contributed by atoms with Gasteiger partial charge in [-0.1, -0.05) is 283 Å². The van der Waals surface area contributed by atoms with Crippen LogP contribution in [0.2, 0.25) is 0 Å². The monoisotopic (exact) mass is 931 g/mol. The van der Waals surface area contributed by atoms with E-state index in [0.29, 0.717) is 19.3 Å². The number of carbonyl (C=O) groups is 3. The van der Waals surface area contributed by atoms with Gasteiger partial charge in [0.1, 0.15) is 13.2 Å². The largest absolute Gasteiger partial charge is 0.462 e. The first-order valence-electron chi connectivity index (χ1n) is 29.7. The number of hydrogen-bond donors (Lipinski definition) is 0. The summed E-state index contributed by atoms with van der Waals surface area (Å²) in [5.41, 5.74) is 0. The molecule has 0 aromatic carbocycles. The number of ether oxygens (including phenoxy) is 3. The molecule has 0 saturated carbocycles. The highest BCUT2D eigenvalue weighted by atomic mass is 16.6. The summed E-state index contributed by atoms with van der Waals surface area (Å²) in [5, 5.41) is 0. The molecule has 1 unspecified atom stereocenters. The topological polar surface area (TPSA) is 78.9 Å². The second-order valence-corrected chi connectivity index (χ2v) is 20.3. The van der Waals surface area contributed by atoms with Gasteiger partial charge in [0.2, 0.25) is 0 Å². The molecule has 0 rings (SSSR count). The van der Waals surface area contributed by atoms with Gasteiger partial charge >= 0.3 is 17.9 Å². The fourth-order valence-corrected chi connectivity index (χ4v) is 9.03. The molecular weight excluding hydrogens is 817 g/mol. The summed E-state index contributed by atoms with van der Waals surface area (Å²) < 4.78 is 16.9. The number of carbonyl (C=O) groups excluding carboxylic acids is 3.